The molecule has 0 spiro atoms. The number of hydrogen-bond acceptors (Lipinski definition) is 2. The zero-order chi connectivity index (χ0) is 16.2. The molecule has 2 nitrogen and oxygen atoms in total. The number of aryl methyl sites for hydroxylation is 1. The number of unbranched alkanes of at least 4 members (excludes halogenated alkanes) is 1. The maximum Gasteiger partial charge on any atom is 0.147 e. The van der Waals surface area contributed by atoms with Crippen molar-refractivity contribution in [2.45, 2.75) is 24.2 Å². The molecule has 1 heterocycles. The van der Waals surface area contributed by atoms with Gasteiger partial charge in [0.1, 0.15) is 5.82 Å². The summed E-state index contributed by atoms with van der Waals surface area (Å²) in [6.07, 6.45) is 4.95. The normalized spacial score (nSPS) is 11.3. The summed E-state index contributed by atoms with van der Waals surface area (Å²) in [4.78, 5) is 4.52. The molecule has 0 bridgehead atoms. The average molecular weight is 328 g/mol. The number of aromatic amines is 1. The molecule has 0 aliphatic carbocycles. The van der Waals surface area contributed by atoms with Gasteiger partial charge in [-0.15, -0.1) is 11.8 Å². The van der Waals surface area contributed by atoms with Crippen LogP contribution in [0.1, 0.15) is 18.4 Å². The number of nitrogens with two attached hydrogens (primary N) is 1. The molecule has 1 aromatic heterocycles. The number of aromatic nitrogens is 1. The number of fused-ring (bicyclic) bond motifs is 1. The van der Waals surface area contributed by atoms with Crippen molar-refractivity contribution in [2.24, 2.45) is 5.73 Å². The number of hydrogen-bond donors (Lipinski definition) is 2. The van der Waals surface area contributed by atoms with Gasteiger partial charge < -0.3 is 10.7 Å². The molecule has 2 aromatic carbocycles. The van der Waals surface area contributed by atoms with E-state index in [1.54, 1.807) is 17.8 Å². The Morgan fingerprint density at radius 3 is 2.70 bits per heavy atom. The minimum absolute atomic E-state index is 0.199. The zero-order valence-corrected chi connectivity index (χ0v) is 14.0. The van der Waals surface area contributed by atoms with Gasteiger partial charge in [-0.1, -0.05) is 30.3 Å². The van der Waals surface area contributed by atoms with E-state index in [9.17, 15) is 4.39 Å². The van der Waals surface area contributed by atoms with E-state index in [2.05, 4.69) is 23.4 Å². The molecule has 0 aliphatic rings. The fourth-order valence-corrected chi connectivity index (χ4v) is 3.63. The first-order valence-corrected chi connectivity index (χ1v) is 9.11. The maximum atomic E-state index is 14.2. The Morgan fingerprint density at radius 2 is 1.91 bits per heavy atom. The molecule has 0 atom stereocenters. The molecular formula is C19H21FN2S. The highest BCUT2D eigenvalue weighted by Crippen LogP contribution is 2.36. The number of para-hydroxylation sites is 1. The SMILES string of the molecule is CSc1ccccc1-c1[nH]c2c(F)cccc2c1CCCCN. The fraction of sp³-hybridized carbons (Fsp3) is 0.263. The van der Waals surface area contributed by atoms with Crippen LogP contribution in [0.3, 0.4) is 0 Å². The number of thioether (sulfide) groups is 1. The van der Waals surface area contributed by atoms with E-state index < -0.39 is 0 Å². The molecule has 3 aromatic rings. The van der Waals surface area contributed by atoms with Crippen LogP contribution in [-0.2, 0) is 6.42 Å². The first-order valence-electron chi connectivity index (χ1n) is 7.88. The fourth-order valence-electron chi connectivity index (χ4n) is 3.02. The van der Waals surface area contributed by atoms with Gasteiger partial charge >= 0.3 is 0 Å². The van der Waals surface area contributed by atoms with Gasteiger partial charge in [-0.25, -0.2) is 4.39 Å². The molecule has 0 unspecified atom stereocenters. The third kappa shape index (κ3) is 3.14. The van der Waals surface area contributed by atoms with E-state index in [1.165, 1.54) is 16.5 Å². The summed E-state index contributed by atoms with van der Waals surface area (Å²) in [7, 11) is 0. The number of halogens is 1. The van der Waals surface area contributed by atoms with Crippen molar-refractivity contribution in [2.75, 3.05) is 12.8 Å². The van der Waals surface area contributed by atoms with Crippen LogP contribution in [0.25, 0.3) is 22.2 Å². The summed E-state index contributed by atoms with van der Waals surface area (Å²) in [5.41, 5.74) is 9.59. The van der Waals surface area contributed by atoms with E-state index in [0.29, 0.717) is 12.1 Å². The highest BCUT2D eigenvalue weighted by atomic mass is 32.2. The van der Waals surface area contributed by atoms with Crippen LogP contribution in [0.15, 0.2) is 47.4 Å². The Morgan fingerprint density at radius 1 is 1.09 bits per heavy atom. The number of benzene rings is 2. The van der Waals surface area contributed by atoms with Crippen molar-refractivity contribution in [1.29, 1.82) is 0 Å². The van der Waals surface area contributed by atoms with E-state index >= 15 is 0 Å². The van der Waals surface area contributed by atoms with Gasteiger partial charge in [-0.2, -0.15) is 0 Å². The minimum Gasteiger partial charge on any atom is -0.352 e. The summed E-state index contributed by atoms with van der Waals surface area (Å²) in [5.74, 6) is -0.199. The Bertz CT molecular complexity index is 810. The number of rotatable bonds is 6. The second kappa shape index (κ2) is 7.20. The van der Waals surface area contributed by atoms with Gasteiger partial charge in [0.25, 0.3) is 0 Å². The lowest BCUT2D eigenvalue weighted by Crippen LogP contribution is -1.99. The number of H-pyrrole nitrogens is 1. The second-order valence-corrected chi connectivity index (χ2v) is 6.44. The van der Waals surface area contributed by atoms with E-state index in [1.807, 2.05) is 18.2 Å². The summed E-state index contributed by atoms with van der Waals surface area (Å²) < 4.78 is 14.2. The minimum atomic E-state index is -0.199. The van der Waals surface area contributed by atoms with Crippen LogP contribution in [0.4, 0.5) is 4.39 Å². The summed E-state index contributed by atoms with van der Waals surface area (Å²) >= 11 is 1.71. The predicted molar refractivity (Wildman–Crippen MR) is 97.5 cm³/mol. The molecule has 0 radical (unpaired) electrons. The number of nitrogens with one attached hydrogen (secondary N) is 1. The van der Waals surface area contributed by atoms with Crippen LogP contribution in [0.2, 0.25) is 0 Å². The smallest absolute Gasteiger partial charge is 0.147 e. The van der Waals surface area contributed by atoms with Crippen molar-refractivity contribution in [3.8, 4) is 11.3 Å². The highest BCUT2D eigenvalue weighted by molar-refractivity contribution is 7.98. The summed E-state index contributed by atoms with van der Waals surface area (Å²) in [6, 6.07) is 13.5. The van der Waals surface area contributed by atoms with Crippen LogP contribution >= 0.6 is 11.8 Å². The van der Waals surface area contributed by atoms with Crippen molar-refractivity contribution in [1.82, 2.24) is 4.98 Å². The van der Waals surface area contributed by atoms with Crippen molar-refractivity contribution >= 4 is 22.7 Å². The monoisotopic (exact) mass is 328 g/mol. The molecule has 0 fully saturated rings. The van der Waals surface area contributed by atoms with E-state index in [-0.39, 0.29) is 5.82 Å². The van der Waals surface area contributed by atoms with Crippen LogP contribution in [0, 0.1) is 5.82 Å². The van der Waals surface area contributed by atoms with E-state index in [4.69, 9.17) is 5.73 Å². The van der Waals surface area contributed by atoms with Gasteiger partial charge in [-0.05, 0) is 49.8 Å². The highest BCUT2D eigenvalue weighted by Gasteiger charge is 2.17. The molecule has 0 saturated heterocycles. The predicted octanol–water partition coefficient (Wildman–Crippen LogP) is 4.98. The van der Waals surface area contributed by atoms with Crippen molar-refractivity contribution in [3.63, 3.8) is 0 Å². The van der Waals surface area contributed by atoms with Gasteiger partial charge in [0, 0.05) is 15.8 Å². The lowest BCUT2D eigenvalue weighted by atomic mass is 10.00. The molecule has 23 heavy (non-hydrogen) atoms. The van der Waals surface area contributed by atoms with Crippen LogP contribution < -0.4 is 5.73 Å². The first kappa shape index (κ1) is 16.1. The molecule has 0 aliphatic heterocycles. The van der Waals surface area contributed by atoms with Gasteiger partial charge in [0.15, 0.2) is 0 Å². The Kier molecular flexibility index (Phi) is 5.03. The molecule has 4 heteroatoms. The summed E-state index contributed by atoms with van der Waals surface area (Å²) in [6.45, 7) is 0.688. The molecular weight excluding hydrogens is 307 g/mol. The third-order valence-corrected chi connectivity index (χ3v) is 4.94. The van der Waals surface area contributed by atoms with Gasteiger partial charge in [-0.3, -0.25) is 0 Å². The standard InChI is InChI=1S/C19H21FN2S/c1-23-17-11-3-2-8-15(17)18-13(7-4-5-12-21)14-9-6-10-16(20)19(14)22-18/h2-3,6,8-11,22H,4-5,7,12,21H2,1H3. The second-order valence-electron chi connectivity index (χ2n) is 5.59. The third-order valence-electron chi connectivity index (χ3n) is 4.15. The van der Waals surface area contributed by atoms with Gasteiger partial charge in [0.2, 0.25) is 0 Å². The maximum absolute atomic E-state index is 14.2. The topological polar surface area (TPSA) is 41.8 Å². The lowest BCUT2D eigenvalue weighted by Gasteiger charge is -2.09. The van der Waals surface area contributed by atoms with Crippen LogP contribution in [-0.4, -0.2) is 17.8 Å². The average Bonchev–Trinajstić information content (AvgIpc) is 2.95. The van der Waals surface area contributed by atoms with E-state index in [0.717, 1.165) is 35.9 Å². The van der Waals surface area contributed by atoms with Crippen LogP contribution in [0.5, 0.6) is 0 Å². The molecule has 0 saturated carbocycles. The Balaban J connectivity index is 2.18. The Labute approximate surface area is 140 Å². The van der Waals surface area contributed by atoms with Crippen molar-refractivity contribution in [3.05, 3.63) is 53.8 Å². The summed E-state index contributed by atoms with van der Waals surface area (Å²) in [5, 5.41) is 0.980. The molecule has 3 rings (SSSR count). The lowest BCUT2D eigenvalue weighted by molar-refractivity contribution is 0.637. The quantitative estimate of drug-likeness (QED) is 0.495. The largest absolute Gasteiger partial charge is 0.352 e. The van der Waals surface area contributed by atoms with Gasteiger partial charge in [0.05, 0.1) is 11.2 Å². The molecule has 3 N–H and O–H groups in total. The molecule has 120 valence electrons. The Hall–Kier alpha value is -1.78. The first-order chi connectivity index (χ1) is 11.3. The zero-order valence-electron chi connectivity index (χ0n) is 13.2. The van der Waals surface area contributed by atoms with Crippen molar-refractivity contribution < 1.29 is 4.39 Å². The molecule has 0 amide bonds.